The summed E-state index contributed by atoms with van der Waals surface area (Å²) >= 11 is 0. The van der Waals surface area contributed by atoms with Crippen molar-refractivity contribution in [3.63, 3.8) is 0 Å². The van der Waals surface area contributed by atoms with Crippen LogP contribution in [0.3, 0.4) is 0 Å². The zero-order valence-corrected chi connectivity index (χ0v) is 19.3. The average Bonchev–Trinajstić information content (AvgIpc) is 3.04. The highest BCUT2D eigenvalue weighted by atomic mass is 16.4. The second-order valence-electron chi connectivity index (χ2n) is 11.0. The third-order valence-electron chi connectivity index (χ3n) is 10.2. The van der Waals surface area contributed by atoms with Crippen molar-refractivity contribution in [1.82, 2.24) is 0 Å². The van der Waals surface area contributed by atoms with Gasteiger partial charge in [0.05, 0.1) is 0 Å². The fraction of sp³-hybridized carbons (Fsp3) is 0.962. The largest absolute Gasteiger partial charge is 0.481 e. The van der Waals surface area contributed by atoms with Crippen LogP contribution < -0.4 is 0 Å². The molecule has 0 aromatic heterocycles. The predicted molar refractivity (Wildman–Crippen MR) is 117 cm³/mol. The maximum atomic E-state index is 11.0. The molecule has 5 unspecified atom stereocenters. The van der Waals surface area contributed by atoms with Gasteiger partial charge < -0.3 is 5.11 Å². The molecule has 0 aromatic carbocycles. The highest BCUT2D eigenvalue weighted by Gasteiger charge is 2.60. The second-order valence-corrected chi connectivity index (χ2v) is 11.0. The number of fused-ring (bicyclic) bond motifs is 5. The summed E-state index contributed by atoms with van der Waals surface area (Å²) < 4.78 is 0. The molecule has 1 N–H and O–H groups in total. The number of rotatable bonds is 4. The van der Waals surface area contributed by atoms with E-state index in [2.05, 4.69) is 20.8 Å². The molecule has 28 heavy (non-hydrogen) atoms. The summed E-state index contributed by atoms with van der Waals surface area (Å²) in [5.74, 6) is 4.57. The standard InChI is InChI=1S/C24H40O2.C2H6/c1-16(7-12-22(25)26)19-10-11-20-18-9-8-17-6-4-5-14-23(17,2)21(18)13-15-24(19,20)3;1-2/h16-21H,4-15H2,1-3H3,(H,25,26);1-2H3/t16?,17-,18?,19?,20?,21?,23-,24+;/m0./s1. The summed E-state index contributed by atoms with van der Waals surface area (Å²) in [5, 5.41) is 9.09. The molecule has 4 saturated carbocycles. The fourth-order valence-electron chi connectivity index (χ4n) is 8.82. The van der Waals surface area contributed by atoms with Gasteiger partial charge in [-0.3, -0.25) is 4.79 Å². The molecular formula is C26H46O2. The number of carboxylic acids is 1. The van der Waals surface area contributed by atoms with Gasteiger partial charge in [0.15, 0.2) is 0 Å². The molecule has 0 heterocycles. The molecule has 4 rings (SSSR count). The first-order valence-electron chi connectivity index (χ1n) is 12.6. The zero-order valence-electron chi connectivity index (χ0n) is 19.3. The predicted octanol–water partition coefficient (Wildman–Crippen LogP) is 7.56. The van der Waals surface area contributed by atoms with Crippen LogP contribution in [0.15, 0.2) is 0 Å². The molecule has 162 valence electrons. The van der Waals surface area contributed by atoms with E-state index in [4.69, 9.17) is 5.11 Å². The lowest BCUT2D eigenvalue weighted by Crippen LogP contribution is -2.53. The molecule has 2 nitrogen and oxygen atoms in total. The molecule has 0 aromatic rings. The van der Waals surface area contributed by atoms with Gasteiger partial charge in [0.25, 0.3) is 0 Å². The molecule has 0 bridgehead atoms. The molecule has 0 saturated heterocycles. The van der Waals surface area contributed by atoms with Crippen LogP contribution in [0.2, 0.25) is 0 Å². The smallest absolute Gasteiger partial charge is 0.303 e. The summed E-state index contributed by atoms with van der Waals surface area (Å²) in [5.41, 5.74) is 1.12. The number of carbonyl (C=O) groups is 1. The van der Waals surface area contributed by atoms with Crippen molar-refractivity contribution in [3.05, 3.63) is 0 Å². The molecular weight excluding hydrogens is 344 g/mol. The maximum absolute atomic E-state index is 11.0. The number of aliphatic carboxylic acids is 1. The van der Waals surface area contributed by atoms with E-state index in [9.17, 15) is 4.79 Å². The van der Waals surface area contributed by atoms with Crippen molar-refractivity contribution in [1.29, 1.82) is 0 Å². The van der Waals surface area contributed by atoms with Crippen LogP contribution in [-0.4, -0.2) is 11.1 Å². The molecule has 0 aliphatic heterocycles. The Morgan fingerprint density at radius 3 is 2.36 bits per heavy atom. The molecule has 0 spiro atoms. The lowest BCUT2D eigenvalue weighted by molar-refractivity contribution is -0.137. The van der Waals surface area contributed by atoms with Gasteiger partial charge in [-0.05, 0) is 104 Å². The van der Waals surface area contributed by atoms with Crippen molar-refractivity contribution < 1.29 is 9.90 Å². The fourth-order valence-corrected chi connectivity index (χ4v) is 8.82. The summed E-state index contributed by atoms with van der Waals surface area (Å²) in [6.45, 7) is 11.6. The number of hydrogen-bond acceptors (Lipinski definition) is 1. The maximum Gasteiger partial charge on any atom is 0.303 e. The van der Waals surface area contributed by atoms with Gasteiger partial charge in [-0.2, -0.15) is 0 Å². The van der Waals surface area contributed by atoms with E-state index in [-0.39, 0.29) is 0 Å². The van der Waals surface area contributed by atoms with E-state index in [1.807, 2.05) is 13.8 Å². The Labute approximate surface area is 174 Å². The first kappa shape index (κ1) is 22.2. The summed E-state index contributed by atoms with van der Waals surface area (Å²) in [7, 11) is 0. The minimum absolute atomic E-state index is 0.351. The highest BCUT2D eigenvalue weighted by Crippen LogP contribution is 2.68. The van der Waals surface area contributed by atoms with Crippen LogP contribution in [0.1, 0.15) is 112 Å². The molecule has 4 aliphatic carbocycles. The zero-order chi connectivity index (χ0) is 20.5. The van der Waals surface area contributed by atoms with E-state index < -0.39 is 5.97 Å². The quantitative estimate of drug-likeness (QED) is 0.537. The summed E-state index contributed by atoms with van der Waals surface area (Å²) in [6, 6.07) is 0. The molecule has 0 amide bonds. The van der Waals surface area contributed by atoms with Crippen LogP contribution in [0.25, 0.3) is 0 Å². The van der Waals surface area contributed by atoms with Gasteiger partial charge in [0.1, 0.15) is 0 Å². The summed E-state index contributed by atoms with van der Waals surface area (Å²) in [4.78, 5) is 11.0. The van der Waals surface area contributed by atoms with Crippen molar-refractivity contribution in [2.45, 2.75) is 112 Å². The minimum atomic E-state index is -0.621. The average molecular weight is 391 g/mol. The van der Waals surface area contributed by atoms with Crippen LogP contribution in [0, 0.1) is 46.3 Å². The lowest BCUT2D eigenvalue weighted by Gasteiger charge is -2.61. The topological polar surface area (TPSA) is 37.3 Å². The van der Waals surface area contributed by atoms with Crippen molar-refractivity contribution in [2.75, 3.05) is 0 Å². The van der Waals surface area contributed by atoms with Crippen LogP contribution >= 0.6 is 0 Å². The third-order valence-corrected chi connectivity index (χ3v) is 10.2. The third kappa shape index (κ3) is 3.67. The number of hydrogen-bond donors (Lipinski definition) is 1. The van der Waals surface area contributed by atoms with Gasteiger partial charge >= 0.3 is 5.97 Å². The summed E-state index contributed by atoms with van der Waals surface area (Å²) in [6.07, 6.45) is 15.7. The highest BCUT2D eigenvalue weighted by molar-refractivity contribution is 5.66. The second kappa shape index (κ2) is 8.68. The Morgan fingerprint density at radius 1 is 0.929 bits per heavy atom. The van der Waals surface area contributed by atoms with Crippen LogP contribution in [0.5, 0.6) is 0 Å². The Bertz CT molecular complexity index is 543. The monoisotopic (exact) mass is 390 g/mol. The van der Waals surface area contributed by atoms with E-state index >= 15 is 0 Å². The molecule has 0 radical (unpaired) electrons. The first-order chi connectivity index (χ1) is 13.4. The SMILES string of the molecule is CC.CC(CCC(=O)O)C1CCC2C3CC[C@@H]4CCCC[C@]4(C)C3CC[C@]12C. The lowest BCUT2D eigenvalue weighted by atomic mass is 9.44. The van der Waals surface area contributed by atoms with Crippen LogP contribution in [0.4, 0.5) is 0 Å². The first-order valence-corrected chi connectivity index (χ1v) is 12.6. The normalized spacial score (nSPS) is 45.7. The number of carboxylic acid groups (broad SMARTS) is 1. The van der Waals surface area contributed by atoms with E-state index in [1.165, 1.54) is 64.2 Å². The van der Waals surface area contributed by atoms with Gasteiger partial charge in [-0.15, -0.1) is 0 Å². The van der Waals surface area contributed by atoms with Gasteiger partial charge in [0.2, 0.25) is 0 Å². The van der Waals surface area contributed by atoms with Crippen LogP contribution in [-0.2, 0) is 4.79 Å². The van der Waals surface area contributed by atoms with Gasteiger partial charge in [0, 0.05) is 6.42 Å². The van der Waals surface area contributed by atoms with Gasteiger partial charge in [-0.1, -0.05) is 47.5 Å². The molecule has 4 fully saturated rings. The van der Waals surface area contributed by atoms with E-state index in [0.29, 0.717) is 23.2 Å². The van der Waals surface area contributed by atoms with E-state index in [1.54, 1.807) is 0 Å². The Morgan fingerprint density at radius 2 is 1.64 bits per heavy atom. The van der Waals surface area contributed by atoms with Crippen molar-refractivity contribution in [2.24, 2.45) is 46.3 Å². The Kier molecular flexibility index (Phi) is 6.87. The van der Waals surface area contributed by atoms with E-state index in [0.717, 1.165) is 36.0 Å². The molecule has 2 heteroatoms. The van der Waals surface area contributed by atoms with Crippen molar-refractivity contribution in [3.8, 4) is 0 Å². The molecule has 4 aliphatic rings. The Balaban J connectivity index is 0.00000109. The Hall–Kier alpha value is -0.530. The molecule has 8 atom stereocenters. The minimum Gasteiger partial charge on any atom is -0.481 e. The van der Waals surface area contributed by atoms with Crippen molar-refractivity contribution >= 4 is 5.97 Å². The van der Waals surface area contributed by atoms with Gasteiger partial charge in [-0.25, -0.2) is 0 Å².